The van der Waals surface area contributed by atoms with Gasteiger partial charge in [-0.25, -0.2) is 0 Å². The van der Waals surface area contributed by atoms with E-state index in [9.17, 15) is 9.90 Å². The number of benzene rings is 2. The molecule has 0 aliphatic carbocycles. The van der Waals surface area contributed by atoms with E-state index >= 15 is 0 Å². The van der Waals surface area contributed by atoms with Crippen LogP contribution in [0, 0.1) is 5.92 Å². The van der Waals surface area contributed by atoms with Crippen LogP contribution in [0.1, 0.15) is 33.1 Å². The van der Waals surface area contributed by atoms with E-state index in [0.29, 0.717) is 47.0 Å². The van der Waals surface area contributed by atoms with Gasteiger partial charge in [-0.3, -0.25) is 4.79 Å². The molecule has 3 rings (SSSR count). The molecule has 6 nitrogen and oxygen atoms in total. The van der Waals surface area contributed by atoms with Gasteiger partial charge in [0.1, 0.15) is 5.75 Å². The molecule has 8 heteroatoms. The lowest BCUT2D eigenvalue weighted by Gasteiger charge is -2.08. The number of amides is 1. The maximum Gasteiger partial charge on any atom is 0.264 e. The van der Waals surface area contributed by atoms with Crippen molar-refractivity contribution in [3.8, 4) is 11.6 Å². The summed E-state index contributed by atoms with van der Waals surface area (Å²) in [6.45, 7) is 5.24. The quantitative estimate of drug-likeness (QED) is 0.271. The van der Waals surface area contributed by atoms with Crippen molar-refractivity contribution >= 4 is 45.7 Å². The Morgan fingerprint density at radius 1 is 1.19 bits per heavy atom. The normalized spacial score (nSPS) is 11.6. The number of carbonyl (C=O) groups is 1. The fraction of sp³-hybridized carbons (Fsp3) is 0.348. The summed E-state index contributed by atoms with van der Waals surface area (Å²) in [7, 11) is 0. The molecule has 0 saturated carbocycles. The highest BCUT2D eigenvalue weighted by atomic mass is 35.5. The predicted octanol–water partition coefficient (Wildman–Crippen LogP) is 7.17. The number of aromatic nitrogens is 1. The van der Waals surface area contributed by atoms with Gasteiger partial charge in [-0.2, -0.15) is 0 Å². The fourth-order valence-corrected chi connectivity index (χ4v) is 3.60. The van der Waals surface area contributed by atoms with Crippen molar-refractivity contribution < 1.29 is 14.6 Å². The zero-order valence-electron chi connectivity index (χ0n) is 17.5. The first-order valence-electron chi connectivity index (χ1n) is 10.2. The number of aryl methyl sites for hydroxylation is 1. The van der Waals surface area contributed by atoms with E-state index in [-0.39, 0.29) is 18.2 Å². The summed E-state index contributed by atoms with van der Waals surface area (Å²) in [5, 5.41) is 20.3. The Morgan fingerprint density at radius 2 is 1.97 bits per heavy atom. The van der Waals surface area contributed by atoms with Crippen molar-refractivity contribution in [1.29, 1.82) is 0 Å². The van der Waals surface area contributed by atoms with E-state index in [0.717, 1.165) is 17.3 Å². The number of fused-ring (bicyclic) bond motifs is 1. The summed E-state index contributed by atoms with van der Waals surface area (Å²) in [6.07, 6.45) is 1.54. The van der Waals surface area contributed by atoms with Gasteiger partial charge in [0.25, 0.3) is 5.91 Å². The highest BCUT2D eigenvalue weighted by Crippen LogP contribution is 2.39. The first kappa shape index (κ1) is 23.1. The number of azo groups is 1. The van der Waals surface area contributed by atoms with E-state index in [1.165, 1.54) is 0 Å². The topological polar surface area (TPSA) is 76.2 Å². The van der Waals surface area contributed by atoms with Crippen LogP contribution in [0.4, 0.5) is 5.69 Å². The van der Waals surface area contributed by atoms with Gasteiger partial charge >= 0.3 is 0 Å². The number of halogens is 2. The predicted molar refractivity (Wildman–Crippen MR) is 124 cm³/mol. The summed E-state index contributed by atoms with van der Waals surface area (Å²) < 4.78 is 7.39. The zero-order chi connectivity index (χ0) is 22.4. The number of hydrogen-bond donors (Lipinski definition) is 1. The van der Waals surface area contributed by atoms with Crippen molar-refractivity contribution in [1.82, 2.24) is 4.57 Å². The average Bonchev–Trinajstić information content (AvgIpc) is 3.00. The number of nitrogens with zero attached hydrogens (tertiary/aromatic N) is 3. The van der Waals surface area contributed by atoms with Gasteiger partial charge in [-0.15, -0.1) is 10.2 Å². The van der Waals surface area contributed by atoms with Gasteiger partial charge < -0.3 is 14.4 Å². The number of ether oxygens (including phenoxy) is 1. The Balaban J connectivity index is 1.61. The lowest BCUT2D eigenvalue weighted by molar-refractivity contribution is -0.118. The summed E-state index contributed by atoms with van der Waals surface area (Å²) >= 11 is 11.9. The standard InChI is InChI=1S/C23H25Cl2N3O3/c1-15(2)11-12-28-19-7-4-3-6-17(19)22(23(28)30)27-26-21(29)8-5-13-31-20-10-9-16(24)14-18(20)25/h3-4,6-7,9-10,14-15,30H,5,8,11-13H2,1-2H3. The minimum absolute atomic E-state index is 0.0270. The molecule has 0 bridgehead atoms. The van der Waals surface area contributed by atoms with Crippen LogP contribution in [0.3, 0.4) is 0 Å². The van der Waals surface area contributed by atoms with Crippen LogP contribution in [0.25, 0.3) is 10.9 Å². The number of rotatable bonds is 9. The number of para-hydroxylation sites is 1. The molecule has 1 N–H and O–H groups in total. The molecule has 31 heavy (non-hydrogen) atoms. The first-order chi connectivity index (χ1) is 14.9. The van der Waals surface area contributed by atoms with Gasteiger partial charge in [0.05, 0.1) is 17.1 Å². The molecule has 1 aromatic heterocycles. The summed E-state index contributed by atoms with van der Waals surface area (Å²) in [4.78, 5) is 12.2. The molecule has 2 aromatic carbocycles. The SMILES string of the molecule is CC(C)CCn1c(O)c(N=NC(=O)CCCOc2ccc(Cl)cc2Cl)c2ccccc21. The van der Waals surface area contributed by atoms with Crippen LogP contribution in [-0.4, -0.2) is 22.2 Å². The lowest BCUT2D eigenvalue weighted by atomic mass is 10.1. The van der Waals surface area contributed by atoms with Crippen LogP contribution in [0.15, 0.2) is 52.7 Å². The van der Waals surface area contributed by atoms with Gasteiger partial charge in [-0.1, -0.05) is 55.2 Å². The summed E-state index contributed by atoms with van der Waals surface area (Å²) in [5.74, 6) is 0.653. The molecule has 1 heterocycles. The van der Waals surface area contributed by atoms with E-state index in [1.54, 1.807) is 18.2 Å². The highest BCUT2D eigenvalue weighted by Gasteiger charge is 2.16. The van der Waals surface area contributed by atoms with Crippen molar-refractivity contribution in [2.24, 2.45) is 16.1 Å². The van der Waals surface area contributed by atoms with E-state index in [4.69, 9.17) is 27.9 Å². The molecular formula is C23H25Cl2N3O3. The lowest BCUT2D eigenvalue weighted by Crippen LogP contribution is -2.01. The van der Waals surface area contributed by atoms with E-state index < -0.39 is 0 Å². The molecule has 0 radical (unpaired) electrons. The third kappa shape index (κ3) is 5.99. The van der Waals surface area contributed by atoms with Gasteiger partial charge in [-0.05, 0) is 43.0 Å². The maximum atomic E-state index is 12.2. The van der Waals surface area contributed by atoms with Gasteiger partial charge in [0.2, 0.25) is 5.88 Å². The molecule has 0 saturated heterocycles. The van der Waals surface area contributed by atoms with Crippen molar-refractivity contribution in [3.63, 3.8) is 0 Å². The maximum absolute atomic E-state index is 12.2. The molecule has 0 atom stereocenters. The summed E-state index contributed by atoms with van der Waals surface area (Å²) in [6, 6.07) is 12.5. The smallest absolute Gasteiger partial charge is 0.264 e. The fourth-order valence-electron chi connectivity index (χ4n) is 3.14. The third-order valence-corrected chi connectivity index (χ3v) is 5.33. The van der Waals surface area contributed by atoms with Crippen molar-refractivity contribution in [2.75, 3.05) is 6.61 Å². The number of carbonyl (C=O) groups excluding carboxylic acids is 1. The number of aromatic hydroxyl groups is 1. The van der Waals surface area contributed by atoms with Crippen LogP contribution in [0.5, 0.6) is 11.6 Å². The summed E-state index contributed by atoms with van der Waals surface area (Å²) in [5.41, 5.74) is 1.19. The Bertz CT molecular complexity index is 1090. The molecule has 0 aliphatic heterocycles. The van der Waals surface area contributed by atoms with Crippen molar-refractivity contribution in [3.05, 3.63) is 52.5 Å². The Morgan fingerprint density at radius 3 is 2.71 bits per heavy atom. The van der Waals surface area contributed by atoms with E-state index in [1.807, 2.05) is 28.8 Å². The van der Waals surface area contributed by atoms with Crippen LogP contribution in [-0.2, 0) is 11.3 Å². The Hall–Kier alpha value is -2.57. The Kier molecular flexibility index (Phi) is 7.93. The van der Waals surface area contributed by atoms with Crippen LogP contribution < -0.4 is 4.74 Å². The van der Waals surface area contributed by atoms with Crippen LogP contribution in [0.2, 0.25) is 10.0 Å². The highest BCUT2D eigenvalue weighted by molar-refractivity contribution is 6.35. The number of hydrogen-bond acceptors (Lipinski definition) is 4. The molecule has 0 fully saturated rings. The van der Waals surface area contributed by atoms with Crippen LogP contribution >= 0.6 is 23.2 Å². The monoisotopic (exact) mass is 461 g/mol. The second kappa shape index (κ2) is 10.6. The van der Waals surface area contributed by atoms with Gasteiger partial charge in [0.15, 0.2) is 5.69 Å². The molecular weight excluding hydrogens is 437 g/mol. The van der Waals surface area contributed by atoms with Crippen molar-refractivity contribution in [2.45, 2.75) is 39.7 Å². The first-order valence-corrected chi connectivity index (χ1v) is 10.9. The zero-order valence-corrected chi connectivity index (χ0v) is 19.0. The van der Waals surface area contributed by atoms with Gasteiger partial charge in [0, 0.05) is 23.4 Å². The largest absolute Gasteiger partial charge is 0.493 e. The molecule has 0 unspecified atom stereocenters. The molecule has 0 aliphatic rings. The second-order valence-corrected chi connectivity index (χ2v) is 8.49. The van der Waals surface area contributed by atoms with E-state index in [2.05, 4.69) is 24.1 Å². The minimum atomic E-state index is -0.385. The molecule has 0 spiro atoms. The third-order valence-electron chi connectivity index (χ3n) is 4.80. The minimum Gasteiger partial charge on any atom is -0.493 e. The molecule has 164 valence electrons. The molecule has 3 aromatic rings. The Labute approximate surface area is 191 Å². The molecule has 1 amide bonds. The average molecular weight is 462 g/mol. The second-order valence-electron chi connectivity index (χ2n) is 7.64.